The van der Waals surface area contributed by atoms with Crippen LogP contribution in [0.1, 0.15) is 10.4 Å². The van der Waals surface area contributed by atoms with Crippen molar-refractivity contribution < 1.29 is 18.4 Å². The molecule has 0 saturated carbocycles. The van der Waals surface area contributed by atoms with E-state index in [1.54, 1.807) is 0 Å². The Bertz CT molecular complexity index is 700. The highest BCUT2D eigenvalue weighted by Gasteiger charge is 2.18. The summed E-state index contributed by atoms with van der Waals surface area (Å²) in [7, 11) is 0. The van der Waals surface area contributed by atoms with Gasteiger partial charge in [-0.05, 0) is 18.2 Å². The average Bonchev–Trinajstić information content (AvgIpc) is 2.71. The Hall–Kier alpha value is -2.48. The second kappa shape index (κ2) is 5.25. The molecule has 20 heavy (non-hydrogen) atoms. The maximum atomic E-state index is 13.7. The van der Waals surface area contributed by atoms with Crippen molar-refractivity contribution in [3.63, 3.8) is 0 Å². The molecule has 1 aromatic carbocycles. The summed E-state index contributed by atoms with van der Waals surface area (Å²) in [5.74, 6) is -2.29. The van der Waals surface area contributed by atoms with Gasteiger partial charge in [-0.3, -0.25) is 10.1 Å². The number of rotatable bonds is 3. The van der Waals surface area contributed by atoms with Crippen LogP contribution in [0.15, 0.2) is 24.3 Å². The van der Waals surface area contributed by atoms with E-state index in [1.807, 2.05) is 0 Å². The Morgan fingerprint density at radius 1 is 1.15 bits per heavy atom. The van der Waals surface area contributed by atoms with Crippen molar-refractivity contribution in [1.82, 2.24) is 0 Å². The lowest BCUT2D eigenvalue weighted by molar-refractivity contribution is 0.100. The van der Waals surface area contributed by atoms with E-state index in [2.05, 4.69) is 5.32 Å². The number of halogens is 2. The van der Waals surface area contributed by atoms with Crippen molar-refractivity contribution in [2.45, 2.75) is 0 Å². The molecule has 0 aliphatic rings. The number of carbonyl (C=O) groups is 2. The summed E-state index contributed by atoms with van der Waals surface area (Å²) < 4.78 is 26.5. The van der Waals surface area contributed by atoms with Crippen LogP contribution in [-0.2, 0) is 0 Å². The zero-order valence-corrected chi connectivity index (χ0v) is 10.8. The Morgan fingerprint density at radius 3 is 2.40 bits per heavy atom. The topological polar surface area (TPSA) is 98.2 Å². The number of carbonyl (C=O) groups excluding carboxylic acids is 2. The van der Waals surface area contributed by atoms with Crippen LogP contribution in [0.4, 0.5) is 18.6 Å². The number of amides is 3. The van der Waals surface area contributed by atoms with Crippen molar-refractivity contribution in [3.8, 4) is 10.4 Å². The fourth-order valence-electron chi connectivity index (χ4n) is 1.60. The van der Waals surface area contributed by atoms with Gasteiger partial charge in [0.1, 0.15) is 16.6 Å². The minimum atomic E-state index is -0.875. The van der Waals surface area contributed by atoms with Gasteiger partial charge in [-0.2, -0.15) is 0 Å². The summed E-state index contributed by atoms with van der Waals surface area (Å²) in [5.41, 5.74) is 10.2. The molecule has 0 bridgehead atoms. The molecule has 104 valence electrons. The second-order valence-corrected chi connectivity index (χ2v) is 4.88. The highest BCUT2D eigenvalue weighted by Crippen LogP contribution is 2.36. The lowest BCUT2D eigenvalue weighted by Crippen LogP contribution is -2.21. The fourth-order valence-corrected chi connectivity index (χ4v) is 2.69. The van der Waals surface area contributed by atoms with Gasteiger partial charge in [-0.25, -0.2) is 13.6 Å². The molecule has 2 rings (SSSR count). The zero-order valence-electron chi connectivity index (χ0n) is 9.94. The van der Waals surface area contributed by atoms with Gasteiger partial charge in [0, 0.05) is 16.5 Å². The van der Waals surface area contributed by atoms with Crippen LogP contribution in [0.25, 0.3) is 10.4 Å². The van der Waals surface area contributed by atoms with E-state index in [-0.39, 0.29) is 16.1 Å². The number of thiophene rings is 1. The van der Waals surface area contributed by atoms with Crippen LogP contribution in [0.5, 0.6) is 0 Å². The molecule has 0 fully saturated rings. The largest absolute Gasteiger partial charge is 0.366 e. The predicted molar refractivity (Wildman–Crippen MR) is 71.4 cm³/mol. The molecular weight excluding hydrogens is 288 g/mol. The summed E-state index contributed by atoms with van der Waals surface area (Å²) in [6, 6.07) is 3.48. The molecule has 0 saturated heterocycles. The molecular formula is C12H9F2N3O2S. The number of nitrogens with two attached hydrogens (primary N) is 2. The summed E-state index contributed by atoms with van der Waals surface area (Å²) in [5, 5.41) is 2.35. The van der Waals surface area contributed by atoms with Gasteiger partial charge in [0.25, 0.3) is 5.91 Å². The van der Waals surface area contributed by atoms with Crippen molar-refractivity contribution in [3.05, 3.63) is 41.5 Å². The molecule has 2 aromatic rings. The number of anilines is 1. The number of hydrogen-bond donors (Lipinski definition) is 3. The Morgan fingerprint density at radius 2 is 1.85 bits per heavy atom. The molecule has 5 N–H and O–H groups in total. The fraction of sp³-hybridized carbons (Fsp3) is 0. The van der Waals surface area contributed by atoms with E-state index in [4.69, 9.17) is 11.5 Å². The van der Waals surface area contributed by atoms with Gasteiger partial charge in [0.2, 0.25) is 0 Å². The molecule has 1 heterocycles. The number of nitrogens with one attached hydrogen (secondary N) is 1. The van der Waals surface area contributed by atoms with Crippen LogP contribution in [0, 0.1) is 11.6 Å². The molecule has 3 amide bonds. The lowest BCUT2D eigenvalue weighted by atomic mass is 10.1. The van der Waals surface area contributed by atoms with Gasteiger partial charge >= 0.3 is 6.03 Å². The van der Waals surface area contributed by atoms with Crippen molar-refractivity contribution in [2.24, 2.45) is 11.5 Å². The maximum Gasteiger partial charge on any atom is 0.317 e. The minimum Gasteiger partial charge on any atom is -0.366 e. The predicted octanol–water partition coefficient (Wildman–Crippen LogP) is 2.28. The van der Waals surface area contributed by atoms with Gasteiger partial charge in [-0.15, -0.1) is 11.3 Å². The molecule has 0 aliphatic heterocycles. The summed E-state index contributed by atoms with van der Waals surface area (Å²) in [4.78, 5) is 22.4. The average molecular weight is 297 g/mol. The van der Waals surface area contributed by atoms with Crippen molar-refractivity contribution in [1.29, 1.82) is 0 Å². The van der Waals surface area contributed by atoms with Crippen molar-refractivity contribution >= 4 is 28.3 Å². The molecule has 5 nitrogen and oxygen atoms in total. The first-order valence-electron chi connectivity index (χ1n) is 5.34. The number of urea groups is 1. The Balaban J connectivity index is 2.52. The Kier molecular flexibility index (Phi) is 3.66. The van der Waals surface area contributed by atoms with E-state index >= 15 is 0 Å². The van der Waals surface area contributed by atoms with Crippen LogP contribution >= 0.6 is 11.3 Å². The van der Waals surface area contributed by atoms with Crippen LogP contribution < -0.4 is 16.8 Å². The van der Waals surface area contributed by atoms with Gasteiger partial charge in [-0.1, -0.05) is 0 Å². The Labute approximate surface area is 116 Å². The third kappa shape index (κ3) is 2.75. The van der Waals surface area contributed by atoms with Gasteiger partial charge < -0.3 is 11.5 Å². The highest BCUT2D eigenvalue weighted by atomic mass is 32.1. The summed E-state index contributed by atoms with van der Waals surface area (Å²) >= 11 is 0.914. The molecule has 0 unspecified atom stereocenters. The smallest absolute Gasteiger partial charge is 0.317 e. The van der Waals surface area contributed by atoms with Gasteiger partial charge in [0.05, 0.1) is 5.56 Å². The quantitative estimate of drug-likeness (QED) is 0.810. The normalized spacial score (nSPS) is 10.3. The van der Waals surface area contributed by atoms with E-state index in [9.17, 15) is 18.4 Å². The van der Waals surface area contributed by atoms with Crippen LogP contribution in [0.2, 0.25) is 0 Å². The number of primary amides is 2. The standard InChI is InChI=1S/C12H9F2N3O2S/c13-5-1-2-6(8(14)3-5)9-4-7(10(15)18)11(20-9)17-12(16)19/h1-4H,(H2,15,18)(H3,16,17,19). The first kappa shape index (κ1) is 13.9. The number of benzene rings is 1. The molecule has 0 aliphatic carbocycles. The van der Waals surface area contributed by atoms with E-state index in [0.717, 1.165) is 23.5 Å². The van der Waals surface area contributed by atoms with Gasteiger partial charge in [0.15, 0.2) is 0 Å². The van der Waals surface area contributed by atoms with Crippen molar-refractivity contribution in [2.75, 3.05) is 5.32 Å². The summed E-state index contributed by atoms with van der Waals surface area (Å²) in [6.07, 6.45) is 0. The molecule has 8 heteroatoms. The van der Waals surface area contributed by atoms with E-state index in [1.165, 1.54) is 12.1 Å². The third-order valence-corrected chi connectivity index (χ3v) is 3.51. The monoisotopic (exact) mass is 297 g/mol. The highest BCUT2D eigenvalue weighted by molar-refractivity contribution is 7.20. The molecule has 1 aromatic heterocycles. The summed E-state index contributed by atoms with van der Waals surface area (Å²) in [6.45, 7) is 0. The van der Waals surface area contributed by atoms with Crippen LogP contribution in [0.3, 0.4) is 0 Å². The molecule has 0 radical (unpaired) electrons. The zero-order chi connectivity index (χ0) is 14.9. The van der Waals surface area contributed by atoms with Crippen LogP contribution in [-0.4, -0.2) is 11.9 Å². The number of hydrogen-bond acceptors (Lipinski definition) is 3. The minimum absolute atomic E-state index is 0.00697. The lowest BCUT2D eigenvalue weighted by Gasteiger charge is -2.00. The van der Waals surface area contributed by atoms with E-state index in [0.29, 0.717) is 4.88 Å². The molecule has 0 atom stereocenters. The first-order chi connectivity index (χ1) is 9.38. The maximum absolute atomic E-state index is 13.7. The SMILES string of the molecule is NC(=O)Nc1sc(-c2ccc(F)cc2F)cc1C(N)=O. The second-order valence-electron chi connectivity index (χ2n) is 3.83. The third-order valence-electron chi connectivity index (χ3n) is 2.43. The van der Waals surface area contributed by atoms with E-state index < -0.39 is 23.6 Å². The molecule has 0 spiro atoms. The first-order valence-corrected chi connectivity index (χ1v) is 6.15.